The van der Waals surface area contributed by atoms with E-state index < -0.39 is 0 Å². The van der Waals surface area contributed by atoms with Gasteiger partial charge in [0.05, 0.1) is 5.69 Å². The number of carbonyl (C=O) groups is 1. The lowest BCUT2D eigenvalue weighted by atomic mass is 10.1. The first kappa shape index (κ1) is 20.1. The molecule has 4 rings (SSSR count). The molecule has 4 aromatic rings. The molecule has 6 nitrogen and oxygen atoms in total. The van der Waals surface area contributed by atoms with Gasteiger partial charge in [-0.1, -0.05) is 36.4 Å². The van der Waals surface area contributed by atoms with Crippen molar-refractivity contribution < 1.29 is 9.90 Å². The Morgan fingerprint density at radius 3 is 2.39 bits per heavy atom. The highest BCUT2D eigenvalue weighted by Gasteiger charge is 2.10. The first-order valence-corrected chi connectivity index (χ1v) is 9.87. The minimum Gasteiger partial charge on any atom is -0.508 e. The summed E-state index contributed by atoms with van der Waals surface area (Å²) in [6, 6.07) is 21.9. The molecule has 0 fully saturated rings. The largest absolute Gasteiger partial charge is 0.508 e. The van der Waals surface area contributed by atoms with E-state index in [-0.39, 0.29) is 11.7 Å². The molecule has 0 atom stereocenters. The summed E-state index contributed by atoms with van der Waals surface area (Å²) in [5.41, 5.74) is 5.61. The minimum atomic E-state index is -0.252. The Balaban J connectivity index is 1.49. The number of phenolic OH excluding ortho intramolecular Hbond substituents is 1. The number of hydrogen-bond donors (Lipinski definition) is 3. The number of carbonyl (C=O) groups excluding carboxylic acids is 1. The number of benzene rings is 3. The Kier molecular flexibility index (Phi) is 5.62. The van der Waals surface area contributed by atoms with Crippen LogP contribution in [-0.2, 0) is 0 Å². The third-order valence-corrected chi connectivity index (χ3v) is 4.89. The highest BCUT2D eigenvalue weighted by Crippen LogP contribution is 2.24. The van der Waals surface area contributed by atoms with Gasteiger partial charge in [-0.3, -0.25) is 4.79 Å². The van der Waals surface area contributed by atoms with Crippen molar-refractivity contribution in [2.24, 2.45) is 0 Å². The summed E-state index contributed by atoms with van der Waals surface area (Å²) < 4.78 is 0. The van der Waals surface area contributed by atoms with Crippen LogP contribution < -0.4 is 10.6 Å². The van der Waals surface area contributed by atoms with Crippen molar-refractivity contribution in [3.8, 4) is 17.0 Å². The summed E-state index contributed by atoms with van der Waals surface area (Å²) in [6.07, 6.45) is 1.79. The van der Waals surface area contributed by atoms with Crippen molar-refractivity contribution in [1.29, 1.82) is 0 Å². The van der Waals surface area contributed by atoms with Crippen molar-refractivity contribution in [3.63, 3.8) is 0 Å². The van der Waals surface area contributed by atoms with Gasteiger partial charge in [-0.15, -0.1) is 0 Å². The third-order valence-electron chi connectivity index (χ3n) is 4.89. The first-order valence-electron chi connectivity index (χ1n) is 9.87. The lowest BCUT2D eigenvalue weighted by molar-refractivity contribution is 0.102. The van der Waals surface area contributed by atoms with Gasteiger partial charge in [0, 0.05) is 34.8 Å². The van der Waals surface area contributed by atoms with Crippen LogP contribution in [0.3, 0.4) is 0 Å². The minimum absolute atomic E-state index is 0.105. The smallest absolute Gasteiger partial charge is 0.255 e. The SMILES string of the molecule is Cc1ccc(O)cc1NC(=O)c1ccc(Nc2ncc(C)c(-c3ccccc3)n2)cc1. The monoisotopic (exact) mass is 410 g/mol. The number of phenols is 1. The third kappa shape index (κ3) is 4.70. The van der Waals surface area contributed by atoms with Crippen LogP contribution in [0.5, 0.6) is 5.75 Å². The molecule has 3 N–H and O–H groups in total. The topological polar surface area (TPSA) is 87.1 Å². The first-order chi connectivity index (χ1) is 15.0. The summed E-state index contributed by atoms with van der Waals surface area (Å²) >= 11 is 0. The van der Waals surface area contributed by atoms with E-state index in [2.05, 4.69) is 20.6 Å². The molecule has 1 amide bonds. The van der Waals surface area contributed by atoms with Crippen LogP contribution in [0.15, 0.2) is 79.0 Å². The van der Waals surface area contributed by atoms with Crippen LogP contribution in [0, 0.1) is 13.8 Å². The zero-order valence-electron chi connectivity index (χ0n) is 17.3. The molecule has 0 aliphatic heterocycles. The van der Waals surface area contributed by atoms with E-state index in [1.165, 1.54) is 6.07 Å². The number of nitrogens with zero attached hydrogens (tertiary/aromatic N) is 2. The molecule has 0 saturated carbocycles. The second-order valence-electron chi connectivity index (χ2n) is 7.25. The number of hydrogen-bond acceptors (Lipinski definition) is 5. The average molecular weight is 410 g/mol. The average Bonchev–Trinajstić information content (AvgIpc) is 2.78. The fourth-order valence-electron chi connectivity index (χ4n) is 3.16. The van der Waals surface area contributed by atoms with Gasteiger partial charge >= 0.3 is 0 Å². The van der Waals surface area contributed by atoms with E-state index in [1.807, 2.05) is 44.2 Å². The van der Waals surface area contributed by atoms with E-state index in [4.69, 9.17) is 0 Å². The Morgan fingerprint density at radius 1 is 0.903 bits per heavy atom. The maximum absolute atomic E-state index is 12.5. The quantitative estimate of drug-likeness (QED) is 0.407. The lowest BCUT2D eigenvalue weighted by Crippen LogP contribution is -2.12. The molecule has 0 unspecified atom stereocenters. The normalized spacial score (nSPS) is 10.5. The maximum atomic E-state index is 12.5. The molecule has 6 heteroatoms. The molecular weight excluding hydrogens is 388 g/mol. The number of amides is 1. The highest BCUT2D eigenvalue weighted by molar-refractivity contribution is 6.04. The second kappa shape index (κ2) is 8.67. The van der Waals surface area contributed by atoms with Crippen LogP contribution in [0.4, 0.5) is 17.3 Å². The Morgan fingerprint density at radius 2 is 1.65 bits per heavy atom. The molecule has 0 bridgehead atoms. The van der Waals surface area contributed by atoms with Gasteiger partial charge in [-0.25, -0.2) is 9.97 Å². The predicted octanol–water partition coefficient (Wildman–Crippen LogP) is 5.46. The fourth-order valence-corrected chi connectivity index (χ4v) is 3.16. The lowest BCUT2D eigenvalue weighted by Gasteiger charge is -2.11. The molecule has 31 heavy (non-hydrogen) atoms. The van der Waals surface area contributed by atoms with Gasteiger partial charge in [0.15, 0.2) is 0 Å². The van der Waals surface area contributed by atoms with E-state index in [9.17, 15) is 9.90 Å². The van der Waals surface area contributed by atoms with Gasteiger partial charge in [0.1, 0.15) is 5.75 Å². The van der Waals surface area contributed by atoms with Crippen molar-refractivity contribution in [1.82, 2.24) is 9.97 Å². The maximum Gasteiger partial charge on any atom is 0.255 e. The van der Waals surface area contributed by atoms with E-state index in [0.29, 0.717) is 17.2 Å². The molecular formula is C25H22N4O2. The number of anilines is 3. The zero-order chi connectivity index (χ0) is 21.8. The highest BCUT2D eigenvalue weighted by atomic mass is 16.3. The Bertz CT molecular complexity index is 1220. The van der Waals surface area contributed by atoms with Crippen LogP contribution in [0.1, 0.15) is 21.5 Å². The summed E-state index contributed by atoms with van der Waals surface area (Å²) in [5.74, 6) is 0.337. The van der Waals surface area contributed by atoms with E-state index in [0.717, 1.165) is 28.1 Å². The van der Waals surface area contributed by atoms with Gasteiger partial charge in [0.2, 0.25) is 5.95 Å². The van der Waals surface area contributed by atoms with Gasteiger partial charge in [-0.2, -0.15) is 0 Å². The number of aromatic hydroxyl groups is 1. The summed E-state index contributed by atoms with van der Waals surface area (Å²) in [7, 11) is 0. The zero-order valence-corrected chi connectivity index (χ0v) is 17.3. The molecule has 0 radical (unpaired) electrons. The molecule has 0 aliphatic rings. The number of nitrogens with one attached hydrogen (secondary N) is 2. The van der Waals surface area contributed by atoms with E-state index in [1.54, 1.807) is 42.6 Å². The van der Waals surface area contributed by atoms with Crippen LogP contribution >= 0.6 is 0 Å². The van der Waals surface area contributed by atoms with Crippen LogP contribution in [0.2, 0.25) is 0 Å². The summed E-state index contributed by atoms with van der Waals surface area (Å²) in [4.78, 5) is 21.6. The number of aryl methyl sites for hydroxylation is 2. The molecule has 0 saturated heterocycles. The van der Waals surface area contributed by atoms with Crippen molar-refractivity contribution in [2.75, 3.05) is 10.6 Å². The van der Waals surface area contributed by atoms with Crippen LogP contribution in [-0.4, -0.2) is 21.0 Å². The summed E-state index contributed by atoms with van der Waals surface area (Å²) in [5, 5.41) is 15.6. The fraction of sp³-hybridized carbons (Fsp3) is 0.0800. The van der Waals surface area contributed by atoms with Gasteiger partial charge in [0.25, 0.3) is 5.91 Å². The molecule has 1 aromatic heterocycles. The molecule has 3 aromatic carbocycles. The number of aromatic nitrogens is 2. The van der Waals surface area contributed by atoms with Gasteiger partial charge < -0.3 is 15.7 Å². The summed E-state index contributed by atoms with van der Waals surface area (Å²) in [6.45, 7) is 3.85. The van der Waals surface area contributed by atoms with Crippen molar-refractivity contribution >= 4 is 23.2 Å². The van der Waals surface area contributed by atoms with Crippen molar-refractivity contribution in [2.45, 2.75) is 13.8 Å². The second-order valence-corrected chi connectivity index (χ2v) is 7.25. The van der Waals surface area contributed by atoms with E-state index >= 15 is 0 Å². The molecule has 154 valence electrons. The van der Waals surface area contributed by atoms with Crippen molar-refractivity contribution in [3.05, 3.63) is 95.7 Å². The standard InChI is InChI=1S/C25H22N4O2/c1-16-8-13-21(30)14-22(16)28-24(31)19-9-11-20(12-10-19)27-25-26-15-17(2)23(29-25)18-6-4-3-5-7-18/h3-15,30H,1-2H3,(H,28,31)(H,26,27,29). The Hall–Kier alpha value is -4.19. The number of rotatable bonds is 5. The molecule has 0 spiro atoms. The molecule has 1 heterocycles. The van der Waals surface area contributed by atoms with Crippen LogP contribution in [0.25, 0.3) is 11.3 Å². The van der Waals surface area contributed by atoms with Gasteiger partial charge in [-0.05, 0) is 55.3 Å². The molecule has 0 aliphatic carbocycles. The Labute approximate surface area is 180 Å². The predicted molar refractivity (Wildman–Crippen MR) is 123 cm³/mol.